The first kappa shape index (κ1) is 24.0. The summed E-state index contributed by atoms with van der Waals surface area (Å²) in [4.78, 5) is 16.1. The number of fused-ring (bicyclic) bond motifs is 1. The van der Waals surface area contributed by atoms with Crippen LogP contribution in [0.4, 0.5) is 0 Å². The maximum Gasteiger partial charge on any atom is 0.260 e. The molecule has 5 aromatic rings. The molecule has 0 radical (unpaired) electrons. The summed E-state index contributed by atoms with van der Waals surface area (Å²) in [5, 5.41) is 13.8. The van der Waals surface area contributed by atoms with Crippen LogP contribution in [0.1, 0.15) is 11.3 Å². The van der Waals surface area contributed by atoms with Crippen molar-refractivity contribution >= 4 is 32.5 Å². The smallest absolute Gasteiger partial charge is 0.260 e. The zero-order valence-corrected chi connectivity index (χ0v) is 20.4. The van der Waals surface area contributed by atoms with Crippen molar-refractivity contribution in [3.05, 3.63) is 105 Å². The van der Waals surface area contributed by atoms with Gasteiger partial charge in [0.2, 0.25) is 10.0 Å². The number of nitrogens with zero attached hydrogens (tertiary/aromatic N) is 1. The highest BCUT2D eigenvalue weighted by atomic mass is 35.5. The molecule has 0 unspecified atom stereocenters. The Bertz CT molecular complexity index is 1710. The molecule has 182 valence electrons. The third-order valence-electron chi connectivity index (χ3n) is 5.73. The Hall–Kier alpha value is -3.76. The van der Waals surface area contributed by atoms with Crippen molar-refractivity contribution in [2.45, 2.75) is 18.0 Å². The molecular weight excluding hydrogens is 500 g/mol. The summed E-state index contributed by atoms with van der Waals surface area (Å²) in [6.45, 7) is 0.843. The lowest BCUT2D eigenvalue weighted by molar-refractivity contribution is 0.419. The number of aromatic nitrogens is 2. The molecule has 0 amide bonds. The largest absolute Gasteiger partial charge is 0.356 e. The van der Waals surface area contributed by atoms with Crippen LogP contribution in [0.5, 0.6) is 0 Å². The molecule has 0 atom stereocenters. The van der Waals surface area contributed by atoms with E-state index in [0.717, 1.165) is 16.5 Å². The lowest BCUT2D eigenvalue weighted by Crippen LogP contribution is -2.14. The Labute approximate surface area is 211 Å². The van der Waals surface area contributed by atoms with E-state index in [9.17, 15) is 13.2 Å². The summed E-state index contributed by atoms with van der Waals surface area (Å²) < 4.78 is 28.4. The van der Waals surface area contributed by atoms with Crippen LogP contribution in [-0.2, 0) is 23.1 Å². The van der Waals surface area contributed by atoms with Crippen molar-refractivity contribution in [2.75, 3.05) is 0 Å². The molecule has 0 aliphatic rings. The number of hydrogen-bond donors (Lipinski definition) is 3. The summed E-state index contributed by atoms with van der Waals surface area (Å²) in [5.74, 6) is 0.339. The van der Waals surface area contributed by atoms with Gasteiger partial charge in [-0.3, -0.25) is 4.79 Å². The predicted molar refractivity (Wildman–Crippen MR) is 139 cm³/mol. The first-order valence-corrected chi connectivity index (χ1v) is 12.9. The molecule has 10 heteroatoms. The minimum absolute atomic E-state index is 0.0588. The van der Waals surface area contributed by atoms with Crippen LogP contribution in [-0.4, -0.2) is 18.6 Å². The average Bonchev–Trinajstić information content (AvgIpc) is 3.32. The van der Waals surface area contributed by atoms with E-state index in [1.54, 1.807) is 30.3 Å². The van der Waals surface area contributed by atoms with Crippen LogP contribution < -0.4 is 16.0 Å². The van der Waals surface area contributed by atoms with Gasteiger partial charge < -0.3 is 14.8 Å². The minimum atomic E-state index is -3.73. The van der Waals surface area contributed by atoms with Crippen LogP contribution in [0, 0.1) is 0 Å². The SMILES string of the molecule is NS(=O)(=O)c1ccc(CNCc2cc(-c3c(-c4ccccc4)c4cc(Cl)ccc4[nH]c3=O)on2)cc1. The molecule has 0 saturated heterocycles. The van der Waals surface area contributed by atoms with Crippen molar-refractivity contribution < 1.29 is 12.9 Å². The Morgan fingerprint density at radius 3 is 2.42 bits per heavy atom. The van der Waals surface area contributed by atoms with Crippen molar-refractivity contribution in [1.82, 2.24) is 15.5 Å². The van der Waals surface area contributed by atoms with Crippen molar-refractivity contribution in [3.8, 4) is 22.5 Å². The molecular formula is C26H21ClN4O4S. The second-order valence-corrected chi connectivity index (χ2v) is 10.2. The Morgan fingerprint density at radius 1 is 0.944 bits per heavy atom. The first-order chi connectivity index (χ1) is 17.3. The summed E-state index contributed by atoms with van der Waals surface area (Å²) >= 11 is 6.29. The normalized spacial score (nSPS) is 11.7. The van der Waals surface area contributed by atoms with E-state index in [1.165, 1.54) is 12.1 Å². The molecule has 36 heavy (non-hydrogen) atoms. The van der Waals surface area contributed by atoms with E-state index >= 15 is 0 Å². The molecule has 0 aliphatic heterocycles. The first-order valence-electron chi connectivity index (χ1n) is 11.0. The van der Waals surface area contributed by atoms with E-state index in [1.807, 2.05) is 36.4 Å². The van der Waals surface area contributed by atoms with Gasteiger partial charge >= 0.3 is 0 Å². The summed E-state index contributed by atoms with van der Waals surface area (Å²) in [5.41, 5.74) is 3.79. The van der Waals surface area contributed by atoms with Crippen molar-refractivity contribution in [2.24, 2.45) is 5.14 Å². The number of pyridine rings is 1. The molecule has 2 aromatic heterocycles. The van der Waals surface area contributed by atoms with E-state index in [4.69, 9.17) is 21.3 Å². The van der Waals surface area contributed by atoms with Gasteiger partial charge in [0.1, 0.15) is 0 Å². The number of nitrogens with two attached hydrogens (primary N) is 1. The lowest BCUT2D eigenvalue weighted by atomic mass is 9.95. The van der Waals surface area contributed by atoms with Crippen LogP contribution in [0.3, 0.4) is 0 Å². The van der Waals surface area contributed by atoms with Gasteiger partial charge in [-0.15, -0.1) is 0 Å². The van der Waals surface area contributed by atoms with E-state index in [-0.39, 0.29) is 10.5 Å². The molecule has 5 rings (SSSR count). The zero-order valence-electron chi connectivity index (χ0n) is 18.9. The molecule has 8 nitrogen and oxygen atoms in total. The number of aromatic amines is 1. The highest BCUT2D eigenvalue weighted by molar-refractivity contribution is 7.89. The van der Waals surface area contributed by atoms with Crippen molar-refractivity contribution in [3.63, 3.8) is 0 Å². The van der Waals surface area contributed by atoms with Gasteiger partial charge in [-0.05, 0) is 41.5 Å². The van der Waals surface area contributed by atoms with Gasteiger partial charge in [0, 0.05) is 40.6 Å². The summed E-state index contributed by atoms with van der Waals surface area (Å²) in [6, 6.07) is 22.9. The highest BCUT2D eigenvalue weighted by Crippen LogP contribution is 2.36. The molecule has 3 aromatic carbocycles. The standard InChI is InChI=1S/C26H21ClN4O4S/c27-18-8-11-22-21(12-18)24(17-4-2-1-3-5-17)25(26(32)30-22)23-13-19(31-35-23)15-29-14-16-6-9-20(10-7-16)36(28,33)34/h1-13,29H,14-15H2,(H,30,32)(H2,28,33,34). The fraction of sp³-hybridized carbons (Fsp3) is 0.0769. The number of H-pyrrole nitrogens is 1. The van der Waals surface area contributed by atoms with Gasteiger partial charge in [0.05, 0.1) is 16.2 Å². The molecule has 4 N–H and O–H groups in total. The number of halogens is 1. The van der Waals surface area contributed by atoms with Gasteiger partial charge in [-0.1, -0.05) is 59.2 Å². The van der Waals surface area contributed by atoms with Crippen molar-refractivity contribution in [1.29, 1.82) is 0 Å². The van der Waals surface area contributed by atoms with Gasteiger partial charge in [0.25, 0.3) is 5.56 Å². The predicted octanol–water partition coefficient (Wildman–Crippen LogP) is 4.44. The highest BCUT2D eigenvalue weighted by Gasteiger charge is 2.20. The molecule has 0 saturated carbocycles. The Balaban J connectivity index is 1.44. The molecule has 2 heterocycles. The van der Waals surface area contributed by atoms with Gasteiger partial charge in [-0.25, -0.2) is 13.6 Å². The second-order valence-electron chi connectivity index (χ2n) is 8.24. The topological polar surface area (TPSA) is 131 Å². The Morgan fingerprint density at radius 2 is 1.69 bits per heavy atom. The second kappa shape index (κ2) is 9.71. The Kier molecular flexibility index (Phi) is 6.46. The monoisotopic (exact) mass is 520 g/mol. The van der Waals surface area contributed by atoms with Crippen LogP contribution in [0.25, 0.3) is 33.4 Å². The maximum absolute atomic E-state index is 13.2. The average molecular weight is 521 g/mol. The number of rotatable bonds is 7. The fourth-order valence-electron chi connectivity index (χ4n) is 4.05. The minimum Gasteiger partial charge on any atom is -0.356 e. The van der Waals surface area contributed by atoms with E-state index < -0.39 is 10.0 Å². The van der Waals surface area contributed by atoms with E-state index in [0.29, 0.717) is 46.2 Å². The molecule has 0 bridgehead atoms. The van der Waals surface area contributed by atoms with Gasteiger partial charge in [0.15, 0.2) is 5.76 Å². The molecule has 0 aliphatic carbocycles. The summed E-state index contributed by atoms with van der Waals surface area (Å²) in [7, 11) is -3.73. The van der Waals surface area contributed by atoms with Gasteiger partial charge in [-0.2, -0.15) is 0 Å². The van der Waals surface area contributed by atoms with Crippen LogP contribution >= 0.6 is 11.6 Å². The maximum atomic E-state index is 13.2. The lowest BCUT2D eigenvalue weighted by Gasteiger charge is -2.11. The number of sulfonamides is 1. The molecule has 0 fully saturated rings. The third-order valence-corrected chi connectivity index (χ3v) is 6.90. The number of benzene rings is 3. The number of nitrogens with one attached hydrogen (secondary N) is 2. The van der Waals surface area contributed by atoms with Crippen LogP contribution in [0.15, 0.2) is 93.1 Å². The zero-order chi connectivity index (χ0) is 25.3. The number of hydrogen-bond acceptors (Lipinski definition) is 6. The summed E-state index contributed by atoms with van der Waals surface area (Å²) in [6.07, 6.45) is 0. The number of primary sulfonamides is 1. The van der Waals surface area contributed by atoms with Crippen LogP contribution in [0.2, 0.25) is 5.02 Å². The van der Waals surface area contributed by atoms with E-state index in [2.05, 4.69) is 15.5 Å². The quantitative estimate of drug-likeness (QED) is 0.291. The molecule has 0 spiro atoms. The fourth-order valence-corrected chi connectivity index (χ4v) is 4.74. The third kappa shape index (κ3) is 4.95.